The van der Waals surface area contributed by atoms with Gasteiger partial charge in [-0.05, 0) is 41.7 Å². The highest BCUT2D eigenvalue weighted by Crippen LogP contribution is 2.18. The van der Waals surface area contributed by atoms with E-state index in [9.17, 15) is 4.79 Å². The predicted molar refractivity (Wildman–Crippen MR) is 96.7 cm³/mol. The van der Waals surface area contributed by atoms with Crippen molar-refractivity contribution >= 4 is 17.7 Å². The Hall–Kier alpha value is -2.59. The molecule has 0 aliphatic carbocycles. The van der Waals surface area contributed by atoms with E-state index in [0.29, 0.717) is 6.54 Å². The van der Waals surface area contributed by atoms with Gasteiger partial charge in [0, 0.05) is 24.9 Å². The normalized spacial score (nSPS) is 10.8. The van der Waals surface area contributed by atoms with E-state index in [1.165, 1.54) is 24.3 Å². The summed E-state index contributed by atoms with van der Waals surface area (Å²) in [4.78, 5) is 11.3. The maximum atomic E-state index is 11.3. The maximum absolute atomic E-state index is 11.3. The number of rotatable bonds is 8. The molecule has 0 saturated heterocycles. The summed E-state index contributed by atoms with van der Waals surface area (Å²) in [5, 5.41) is 12.3. The van der Waals surface area contributed by atoms with Gasteiger partial charge in [0.1, 0.15) is 0 Å². The number of hydrogen-bond donors (Lipinski definition) is 2. The van der Waals surface area contributed by atoms with Crippen LogP contribution in [-0.2, 0) is 22.5 Å². The lowest BCUT2D eigenvalue weighted by atomic mass is 10.1. The van der Waals surface area contributed by atoms with Crippen molar-refractivity contribution in [3.05, 3.63) is 71.3 Å². The van der Waals surface area contributed by atoms with Gasteiger partial charge in [-0.15, -0.1) is 0 Å². The van der Waals surface area contributed by atoms with Gasteiger partial charge in [-0.25, -0.2) is 4.79 Å². The van der Waals surface area contributed by atoms with Crippen molar-refractivity contribution in [2.24, 2.45) is 0 Å². The molecule has 0 bridgehead atoms. The molecule has 2 aromatic carbocycles. The Labute approximate surface area is 142 Å². The fraction of sp³-hybridized carbons (Fsp3) is 0.250. The summed E-state index contributed by atoms with van der Waals surface area (Å²) in [6.07, 6.45) is 4.81. The fourth-order valence-electron chi connectivity index (χ4n) is 2.40. The van der Waals surface area contributed by atoms with Gasteiger partial charge in [-0.2, -0.15) is 0 Å². The van der Waals surface area contributed by atoms with Crippen molar-refractivity contribution < 1.29 is 14.6 Å². The van der Waals surface area contributed by atoms with E-state index >= 15 is 0 Å². The standard InChI is InChI=1S/C20H23NO3/c1-24-20(23)12-11-18-9-2-3-10-19(18)21-15-17-7-4-6-16(14-17)8-5-13-22/h2-4,6-7,9-12,14,21-22H,5,8,13,15H2,1H3/b12-11+. The zero-order valence-corrected chi connectivity index (χ0v) is 13.9. The molecular formula is C20H23NO3. The minimum absolute atomic E-state index is 0.211. The molecule has 24 heavy (non-hydrogen) atoms. The van der Waals surface area contributed by atoms with Crippen LogP contribution in [0.15, 0.2) is 54.6 Å². The average Bonchev–Trinajstić information content (AvgIpc) is 2.63. The topological polar surface area (TPSA) is 58.6 Å². The molecule has 0 spiro atoms. The highest BCUT2D eigenvalue weighted by molar-refractivity contribution is 5.88. The Morgan fingerprint density at radius 2 is 1.96 bits per heavy atom. The Morgan fingerprint density at radius 1 is 1.17 bits per heavy atom. The number of carbonyl (C=O) groups is 1. The molecular weight excluding hydrogens is 302 g/mol. The number of benzene rings is 2. The Morgan fingerprint density at radius 3 is 2.75 bits per heavy atom. The van der Waals surface area contributed by atoms with Crippen molar-refractivity contribution in [3.63, 3.8) is 0 Å². The number of aliphatic hydroxyl groups is 1. The number of methoxy groups -OCH3 is 1. The van der Waals surface area contributed by atoms with Crippen LogP contribution in [0.4, 0.5) is 5.69 Å². The van der Waals surface area contributed by atoms with Crippen molar-refractivity contribution in [2.45, 2.75) is 19.4 Å². The lowest BCUT2D eigenvalue weighted by Crippen LogP contribution is -2.02. The highest BCUT2D eigenvalue weighted by Gasteiger charge is 2.01. The van der Waals surface area contributed by atoms with E-state index in [0.717, 1.165) is 24.1 Å². The van der Waals surface area contributed by atoms with Gasteiger partial charge >= 0.3 is 5.97 Å². The second kappa shape index (κ2) is 9.53. The lowest BCUT2D eigenvalue weighted by molar-refractivity contribution is -0.134. The van der Waals surface area contributed by atoms with Gasteiger partial charge in [-0.3, -0.25) is 0 Å². The molecule has 2 rings (SSSR count). The third kappa shape index (κ3) is 5.56. The molecule has 0 aliphatic rings. The first-order chi connectivity index (χ1) is 11.7. The molecule has 126 valence electrons. The smallest absolute Gasteiger partial charge is 0.330 e. The van der Waals surface area contributed by atoms with E-state index in [1.54, 1.807) is 6.08 Å². The highest BCUT2D eigenvalue weighted by atomic mass is 16.5. The van der Waals surface area contributed by atoms with Gasteiger partial charge in [0.2, 0.25) is 0 Å². The monoisotopic (exact) mass is 325 g/mol. The number of para-hydroxylation sites is 1. The van der Waals surface area contributed by atoms with E-state index < -0.39 is 0 Å². The minimum atomic E-state index is -0.374. The first kappa shape index (κ1) is 17.8. The van der Waals surface area contributed by atoms with Crippen LogP contribution in [-0.4, -0.2) is 24.8 Å². The second-order valence-corrected chi connectivity index (χ2v) is 5.44. The first-order valence-electron chi connectivity index (χ1n) is 8.00. The molecule has 0 fully saturated rings. The number of aryl methyl sites for hydroxylation is 1. The van der Waals surface area contributed by atoms with Gasteiger partial charge in [0.15, 0.2) is 0 Å². The quantitative estimate of drug-likeness (QED) is 0.577. The maximum Gasteiger partial charge on any atom is 0.330 e. The molecule has 2 N–H and O–H groups in total. The summed E-state index contributed by atoms with van der Waals surface area (Å²) >= 11 is 0. The summed E-state index contributed by atoms with van der Waals surface area (Å²) in [5.74, 6) is -0.374. The number of esters is 1. The van der Waals surface area contributed by atoms with Crippen molar-refractivity contribution in [1.82, 2.24) is 0 Å². The van der Waals surface area contributed by atoms with Crippen LogP contribution in [0.1, 0.15) is 23.1 Å². The summed E-state index contributed by atoms with van der Waals surface area (Å²) in [6.45, 7) is 0.901. The molecule has 0 aliphatic heterocycles. The molecule has 0 radical (unpaired) electrons. The van der Waals surface area contributed by atoms with Crippen molar-refractivity contribution in [2.75, 3.05) is 19.0 Å². The van der Waals surface area contributed by atoms with Gasteiger partial charge < -0.3 is 15.2 Å². The van der Waals surface area contributed by atoms with Crippen LogP contribution in [0, 0.1) is 0 Å². The van der Waals surface area contributed by atoms with Gasteiger partial charge in [0.25, 0.3) is 0 Å². The Balaban J connectivity index is 2.04. The summed E-state index contributed by atoms with van der Waals surface area (Å²) in [5.41, 5.74) is 4.29. The van der Waals surface area contributed by atoms with Gasteiger partial charge in [0.05, 0.1) is 7.11 Å². The molecule has 0 amide bonds. The predicted octanol–water partition coefficient (Wildman–Crippen LogP) is 3.41. The largest absolute Gasteiger partial charge is 0.466 e. The van der Waals surface area contributed by atoms with Gasteiger partial charge in [-0.1, -0.05) is 42.5 Å². The lowest BCUT2D eigenvalue weighted by Gasteiger charge is -2.11. The molecule has 0 aromatic heterocycles. The molecule has 0 heterocycles. The van der Waals surface area contributed by atoms with Crippen LogP contribution in [0.5, 0.6) is 0 Å². The number of hydrogen-bond acceptors (Lipinski definition) is 4. The second-order valence-electron chi connectivity index (χ2n) is 5.44. The number of nitrogens with one attached hydrogen (secondary N) is 1. The SMILES string of the molecule is COC(=O)/C=C/c1ccccc1NCc1cccc(CCCO)c1. The molecule has 4 nitrogen and oxygen atoms in total. The van der Waals surface area contributed by atoms with E-state index in [-0.39, 0.29) is 12.6 Å². The third-order valence-electron chi connectivity index (χ3n) is 3.66. The molecule has 0 saturated carbocycles. The molecule has 0 unspecified atom stereocenters. The Bertz CT molecular complexity index is 695. The van der Waals surface area contributed by atoms with Crippen LogP contribution in [0.3, 0.4) is 0 Å². The van der Waals surface area contributed by atoms with Crippen LogP contribution in [0.2, 0.25) is 0 Å². The van der Waals surface area contributed by atoms with Crippen LogP contribution < -0.4 is 5.32 Å². The zero-order valence-electron chi connectivity index (χ0n) is 13.9. The summed E-state index contributed by atoms with van der Waals surface area (Å²) in [7, 11) is 1.36. The van der Waals surface area contributed by atoms with E-state index in [2.05, 4.69) is 28.3 Å². The van der Waals surface area contributed by atoms with Crippen molar-refractivity contribution in [1.29, 1.82) is 0 Å². The first-order valence-corrected chi connectivity index (χ1v) is 8.00. The van der Waals surface area contributed by atoms with Crippen molar-refractivity contribution in [3.8, 4) is 0 Å². The van der Waals surface area contributed by atoms with E-state index in [1.807, 2.05) is 30.3 Å². The number of anilines is 1. The summed E-state index contributed by atoms with van der Waals surface area (Å²) in [6, 6.07) is 16.1. The zero-order chi connectivity index (χ0) is 17.2. The Kier molecular flexibility index (Phi) is 7.05. The molecule has 0 atom stereocenters. The minimum Gasteiger partial charge on any atom is -0.466 e. The van der Waals surface area contributed by atoms with E-state index in [4.69, 9.17) is 5.11 Å². The van der Waals surface area contributed by atoms with Crippen LogP contribution in [0.25, 0.3) is 6.08 Å². The fourth-order valence-corrected chi connectivity index (χ4v) is 2.40. The summed E-state index contributed by atoms with van der Waals surface area (Å²) < 4.78 is 4.62. The number of carbonyl (C=O) groups excluding carboxylic acids is 1. The number of aliphatic hydroxyl groups excluding tert-OH is 1. The molecule has 4 heteroatoms. The molecule has 2 aromatic rings. The average molecular weight is 325 g/mol. The number of ether oxygens (including phenoxy) is 1. The van der Waals surface area contributed by atoms with Crippen LogP contribution >= 0.6 is 0 Å². The third-order valence-corrected chi connectivity index (χ3v) is 3.66.